The van der Waals surface area contributed by atoms with E-state index in [-0.39, 0.29) is 11.3 Å². The van der Waals surface area contributed by atoms with Crippen LogP contribution in [-0.4, -0.2) is 16.2 Å². The van der Waals surface area contributed by atoms with Gasteiger partial charge in [-0.15, -0.1) is 0 Å². The molecule has 28 heavy (non-hydrogen) atoms. The summed E-state index contributed by atoms with van der Waals surface area (Å²) >= 11 is 0. The number of rotatable bonds is 4. The Morgan fingerprint density at radius 2 is 1.61 bits per heavy atom. The normalized spacial score (nSPS) is 10.8. The summed E-state index contributed by atoms with van der Waals surface area (Å²) in [5.41, 5.74) is 3.20. The average Bonchev–Trinajstić information content (AvgIpc) is 2.69. The highest BCUT2D eigenvalue weighted by Gasteiger charge is 2.16. The second-order valence-corrected chi connectivity index (χ2v) is 6.60. The second kappa shape index (κ2) is 7.08. The molecule has 138 valence electrons. The highest BCUT2D eigenvalue weighted by Crippen LogP contribution is 2.42. The minimum Gasteiger partial charge on any atom is -0.508 e. The van der Waals surface area contributed by atoms with Crippen LogP contribution in [0.4, 0.5) is 0 Å². The Balaban J connectivity index is 1.92. The summed E-state index contributed by atoms with van der Waals surface area (Å²) < 4.78 is 6.26. The topological polar surface area (TPSA) is 66.8 Å². The van der Waals surface area contributed by atoms with E-state index in [0.717, 1.165) is 27.5 Å². The van der Waals surface area contributed by atoms with Crippen LogP contribution in [-0.2, 0) is 0 Å². The molecule has 0 spiro atoms. The molecule has 0 saturated carbocycles. The quantitative estimate of drug-likeness (QED) is 0.461. The molecule has 4 rings (SSSR count). The van der Waals surface area contributed by atoms with Crippen LogP contribution in [0.2, 0.25) is 0 Å². The van der Waals surface area contributed by atoms with Gasteiger partial charge in [-0.1, -0.05) is 36.4 Å². The number of aromatic carboxylic acids is 1. The molecule has 0 atom stereocenters. The summed E-state index contributed by atoms with van der Waals surface area (Å²) in [6.07, 6.45) is 0. The Morgan fingerprint density at radius 3 is 2.29 bits per heavy atom. The third-order valence-electron chi connectivity index (χ3n) is 4.66. The molecule has 0 bridgehead atoms. The first-order chi connectivity index (χ1) is 13.5. The third kappa shape index (κ3) is 3.28. The van der Waals surface area contributed by atoms with Crippen LogP contribution >= 0.6 is 0 Å². The van der Waals surface area contributed by atoms with Gasteiger partial charge in [-0.3, -0.25) is 0 Å². The number of ether oxygens (including phenoxy) is 1. The van der Waals surface area contributed by atoms with Crippen molar-refractivity contribution in [1.82, 2.24) is 0 Å². The van der Waals surface area contributed by atoms with Gasteiger partial charge in [0.15, 0.2) is 0 Å². The van der Waals surface area contributed by atoms with Crippen molar-refractivity contribution in [2.75, 3.05) is 0 Å². The highest BCUT2D eigenvalue weighted by molar-refractivity contribution is 5.97. The first kappa shape index (κ1) is 17.6. The Labute approximate surface area is 162 Å². The van der Waals surface area contributed by atoms with Gasteiger partial charge in [0.25, 0.3) is 0 Å². The second-order valence-electron chi connectivity index (χ2n) is 6.60. The van der Waals surface area contributed by atoms with Gasteiger partial charge in [-0.25, -0.2) is 4.79 Å². The molecule has 4 aromatic rings. The fraction of sp³-hybridized carbons (Fsp3) is 0.0417. The number of aromatic hydroxyl groups is 1. The number of hydrogen-bond acceptors (Lipinski definition) is 3. The number of hydrogen-bond donors (Lipinski definition) is 2. The van der Waals surface area contributed by atoms with Crippen molar-refractivity contribution in [2.45, 2.75) is 6.92 Å². The molecule has 2 N–H and O–H groups in total. The maximum absolute atomic E-state index is 11.1. The molecule has 0 aliphatic carbocycles. The molecule has 0 aromatic heterocycles. The zero-order chi connectivity index (χ0) is 19.7. The van der Waals surface area contributed by atoms with Crippen LogP contribution in [0.5, 0.6) is 17.2 Å². The van der Waals surface area contributed by atoms with Gasteiger partial charge in [0.05, 0.1) is 5.56 Å². The Bertz CT molecular complexity index is 1160. The molecule has 0 fully saturated rings. The van der Waals surface area contributed by atoms with Crippen molar-refractivity contribution in [3.05, 3.63) is 90.0 Å². The van der Waals surface area contributed by atoms with E-state index >= 15 is 0 Å². The maximum atomic E-state index is 11.1. The van der Waals surface area contributed by atoms with Crippen molar-refractivity contribution in [2.24, 2.45) is 0 Å². The number of benzene rings is 4. The molecule has 4 heteroatoms. The molecule has 0 heterocycles. The average molecular weight is 370 g/mol. The van der Waals surface area contributed by atoms with Crippen molar-refractivity contribution >= 4 is 16.7 Å². The number of aryl methyl sites for hydroxylation is 1. The zero-order valence-corrected chi connectivity index (χ0v) is 15.2. The summed E-state index contributed by atoms with van der Waals surface area (Å²) in [6, 6.07) is 23.5. The van der Waals surface area contributed by atoms with Crippen LogP contribution in [0, 0.1) is 6.92 Å². The molecule has 0 aliphatic heterocycles. The predicted molar refractivity (Wildman–Crippen MR) is 109 cm³/mol. The van der Waals surface area contributed by atoms with E-state index in [1.807, 2.05) is 49.4 Å². The van der Waals surface area contributed by atoms with E-state index in [1.165, 1.54) is 12.1 Å². The van der Waals surface area contributed by atoms with Crippen LogP contribution in [0.3, 0.4) is 0 Å². The predicted octanol–water partition coefficient (Wildman–Crippen LogP) is 6.01. The minimum atomic E-state index is -0.979. The lowest BCUT2D eigenvalue weighted by molar-refractivity contribution is 0.0697. The van der Waals surface area contributed by atoms with Gasteiger partial charge in [0.2, 0.25) is 0 Å². The van der Waals surface area contributed by atoms with E-state index in [9.17, 15) is 9.90 Å². The number of fused-ring (bicyclic) bond motifs is 1. The van der Waals surface area contributed by atoms with Crippen LogP contribution < -0.4 is 4.74 Å². The molecule has 0 saturated heterocycles. The van der Waals surface area contributed by atoms with Crippen LogP contribution in [0.15, 0.2) is 78.9 Å². The fourth-order valence-electron chi connectivity index (χ4n) is 3.35. The molecular formula is C24H18O4. The minimum absolute atomic E-state index is 0.191. The monoisotopic (exact) mass is 370 g/mol. The standard InChI is InChI=1S/C24H18O4/c1-15-13-18-14-19(25)9-12-21(18)23(22(15)16-5-3-2-4-6-16)28-20-10-7-17(8-11-20)24(26)27/h2-14,25H,1H3,(H,26,27). The SMILES string of the molecule is Cc1cc2cc(O)ccc2c(Oc2ccc(C(=O)O)cc2)c1-c1ccccc1. The lowest BCUT2D eigenvalue weighted by Gasteiger charge is -2.17. The summed E-state index contributed by atoms with van der Waals surface area (Å²) in [6.45, 7) is 2.01. The van der Waals surface area contributed by atoms with Gasteiger partial charge in [0, 0.05) is 10.9 Å². The first-order valence-corrected chi connectivity index (χ1v) is 8.86. The number of phenols is 1. The van der Waals surface area contributed by atoms with Gasteiger partial charge in [-0.05, 0) is 65.9 Å². The molecule has 0 aliphatic rings. The Hall–Kier alpha value is -3.79. The Morgan fingerprint density at radius 1 is 0.893 bits per heavy atom. The van der Waals surface area contributed by atoms with E-state index in [2.05, 4.69) is 0 Å². The van der Waals surface area contributed by atoms with Crippen molar-refractivity contribution < 1.29 is 19.7 Å². The van der Waals surface area contributed by atoms with Gasteiger partial charge >= 0.3 is 5.97 Å². The van der Waals surface area contributed by atoms with Crippen molar-refractivity contribution in [3.63, 3.8) is 0 Å². The Kier molecular flexibility index (Phi) is 4.45. The van der Waals surface area contributed by atoms with E-state index in [1.54, 1.807) is 24.3 Å². The smallest absolute Gasteiger partial charge is 0.335 e. The number of carboxylic acid groups (broad SMARTS) is 1. The summed E-state index contributed by atoms with van der Waals surface area (Å²) in [4.78, 5) is 11.1. The molecule has 0 amide bonds. The highest BCUT2D eigenvalue weighted by atomic mass is 16.5. The molecule has 0 radical (unpaired) electrons. The van der Waals surface area contributed by atoms with E-state index in [4.69, 9.17) is 9.84 Å². The van der Waals surface area contributed by atoms with Gasteiger partial charge < -0.3 is 14.9 Å². The van der Waals surface area contributed by atoms with Crippen molar-refractivity contribution in [1.29, 1.82) is 0 Å². The molecule has 0 unspecified atom stereocenters. The summed E-state index contributed by atoms with van der Waals surface area (Å²) in [5, 5.41) is 20.7. The maximum Gasteiger partial charge on any atom is 0.335 e. The number of phenolic OH excluding ortho intramolecular Hbond substituents is 1. The van der Waals surface area contributed by atoms with Crippen molar-refractivity contribution in [3.8, 4) is 28.4 Å². The number of carboxylic acids is 1. The lowest BCUT2D eigenvalue weighted by atomic mass is 9.94. The van der Waals surface area contributed by atoms with E-state index < -0.39 is 5.97 Å². The van der Waals surface area contributed by atoms with Gasteiger partial charge in [0.1, 0.15) is 17.2 Å². The zero-order valence-electron chi connectivity index (χ0n) is 15.2. The van der Waals surface area contributed by atoms with Gasteiger partial charge in [-0.2, -0.15) is 0 Å². The number of carbonyl (C=O) groups is 1. The van der Waals surface area contributed by atoms with Crippen LogP contribution in [0.1, 0.15) is 15.9 Å². The fourth-order valence-corrected chi connectivity index (χ4v) is 3.35. The third-order valence-corrected chi connectivity index (χ3v) is 4.66. The van der Waals surface area contributed by atoms with Crippen LogP contribution in [0.25, 0.3) is 21.9 Å². The summed E-state index contributed by atoms with van der Waals surface area (Å²) in [5.74, 6) is 0.426. The summed E-state index contributed by atoms with van der Waals surface area (Å²) in [7, 11) is 0. The largest absolute Gasteiger partial charge is 0.508 e. The molecule has 4 nitrogen and oxygen atoms in total. The first-order valence-electron chi connectivity index (χ1n) is 8.86. The lowest BCUT2D eigenvalue weighted by Crippen LogP contribution is -1.96. The molecule has 4 aromatic carbocycles. The van der Waals surface area contributed by atoms with E-state index in [0.29, 0.717) is 11.5 Å². The molecular weight excluding hydrogens is 352 g/mol.